The van der Waals surface area contributed by atoms with Gasteiger partial charge in [0.25, 0.3) is 0 Å². The average molecular weight is 181 g/mol. The van der Waals surface area contributed by atoms with Gasteiger partial charge in [0.2, 0.25) is 0 Å². The van der Waals surface area contributed by atoms with E-state index in [9.17, 15) is 0 Å². The number of hydrogen-bond acceptors (Lipinski definition) is 2. The molecule has 0 bridgehead atoms. The zero-order chi connectivity index (χ0) is 9.68. The Morgan fingerprint density at radius 3 is 2.92 bits per heavy atom. The summed E-state index contributed by atoms with van der Waals surface area (Å²) in [4.78, 5) is 5.86. The van der Waals surface area contributed by atoms with Crippen LogP contribution in [0.3, 0.4) is 0 Å². The van der Waals surface area contributed by atoms with Crippen LogP contribution in [0.15, 0.2) is 27.8 Å². The van der Waals surface area contributed by atoms with Crippen LogP contribution in [-0.4, -0.2) is 24.5 Å². The van der Waals surface area contributed by atoms with Gasteiger partial charge in [-0.2, -0.15) is 0 Å². The molecule has 1 rings (SSSR count). The Morgan fingerprint density at radius 2 is 2.46 bits per heavy atom. The molecule has 0 amide bonds. The lowest BCUT2D eigenvalue weighted by Crippen LogP contribution is -2.36. The zero-order valence-corrected chi connectivity index (χ0v) is 8.03. The van der Waals surface area contributed by atoms with E-state index in [-0.39, 0.29) is 0 Å². The first-order valence-electron chi connectivity index (χ1n) is 4.27. The molecule has 4 nitrogen and oxygen atoms in total. The van der Waals surface area contributed by atoms with Gasteiger partial charge >= 0.3 is 0 Å². The van der Waals surface area contributed by atoms with E-state index in [1.807, 2.05) is 24.0 Å². The SMILES string of the molecule is CCN(Cc1ccco1)C(N)=NC. The van der Waals surface area contributed by atoms with Gasteiger partial charge in [-0.05, 0) is 19.1 Å². The smallest absolute Gasteiger partial charge is 0.191 e. The van der Waals surface area contributed by atoms with Crippen LogP contribution < -0.4 is 5.73 Å². The second kappa shape index (κ2) is 4.54. The molecule has 4 heteroatoms. The van der Waals surface area contributed by atoms with Gasteiger partial charge in [0.05, 0.1) is 12.8 Å². The highest BCUT2D eigenvalue weighted by Gasteiger charge is 2.06. The van der Waals surface area contributed by atoms with Crippen LogP contribution in [0.4, 0.5) is 0 Å². The molecule has 72 valence electrons. The summed E-state index contributed by atoms with van der Waals surface area (Å²) in [7, 11) is 1.68. The highest BCUT2D eigenvalue weighted by atomic mass is 16.3. The quantitative estimate of drug-likeness (QED) is 0.560. The maximum atomic E-state index is 5.68. The van der Waals surface area contributed by atoms with E-state index in [2.05, 4.69) is 4.99 Å². The molecule has 0 spiro atoms. The molecule has 1 aromatic heterocycles. The molecule has 0 atom stereocenters. The minimum atomic E-state index is 0.541. The highest BCUT2D eigenvalue weighted by molar-refractivity contribution is 5.77. The molecule has 0 aliphatic carbocycles. The lowest BCUT2D eigenvalue weighted by atomic mass is 10.4. The van der Waals surface area contributed by atoms with E-state index >= 15 is 0 Å². The third-order valence-corrected chi connectivity index (χ3v) is 1.86. The predicted octanol–water partition coefficient (Wildman–Crippen LogP) is 1.05. The minimum Gasteiger partial charge on any atom is -0.467 e. The molecule has 0 saturated carbocycles. The summed E-state index contributed by atoms with van der Waals surface area (Å²) in [6.45, 7) is 3.53. The largest absolute Gasteiger partial charge is 0.467 e. The summed E-state index contributed by atoms with van der Waals surface area (Å²) in [5.74, 6) is 1.44. The Morgan fingerprint density at radius 1 is 1.69 bits per heavy atom. The fourth-order valence-electron chi connectivity index (χ4n) is 1.09. The van der Waals surface area contributed by atoms with Crippen molar-refractivity contribution in [1.29, 1.82) is 0 Å². The van der Waals surface area contributed by atoms with Gasteiger partial charge in [0.15, 0.2) is 5.96 Å². The van der Waals surface area contributed by atoms with Crippen LogP contribution >= 0.6 is 0 Å². The Hall–Kier alpha value is -1.45. The summed E-state index contributed by atoms with van der Waals surface area (Å²) >= 11 is 0. The van der Waals surface area contributed by atoms with Gasteiger partial charge in [-0.1, -0.05) is 0 Å². The van der Waals surface area contributed by atoms with Crippen LogP contribution in [0, 0.1) is 0 Å². The first kappa shape index (κ1) is 9.64. The van der Waals surface area contributed by atoms with E-state index in [1.165, 1.54) is 0 Å². The van der Waals surface area contributed by atoms with Crippen molar-refractivity contribution in [3.63, 3.8) is 0 Å². The molecule has 0 saturated heterocycles. The van der Waals surface area contributed by atoms with Gasteiger partial charge in [-0.25, -0.2) is 0 Å². The Balaban J connectivity index is 2.60. The highest BCUT2D eigenvalue weighted by Crippen LogP contribution is 2.04. The van der Waals surface area contributed by atoms with Crippen molar-refractivity contribution >= 4 is 5.96 Å². The van der Waals surface area contributed by atoms with Gasteiger partial charge in [-0.3, -0.25) is 4.99 Å². The van der Waals surface area contributed by atoms with Crippen LogP contribution in [0.2, 0.25) is 0 Å². The van der Waals surface area contributed by atoms with E-state index < -0.39 is 0 Å². The summed E-state index contributed by atoms with van der Waals surface area (Å²) in [6.07, 6.45) is 1.66. The number of rotatable bonds is 3. The van der Waals surface area contributed by atoms with Crippen LogP contribution in [0.5, 0.6) is 0 Å². The van der Waals surface area contributed by atoms with E-state index in [1.54, 1.807) is 13.3 Å². The van der Waals surface area contributed by atoms with Crippen molar-refractivity contribution in [3.05, 3.63) is 24.2 Å². The van der Waals surface area contributed by atoms with Gasteiger partial charge in [-0.15, -0.1) is 0 Å². The predicted molar refractivity (Wildman–Crippen MR) is 52.3 cm³/mol. The van der Waals surface area contributed by atoms with Crippen molar-refractivity contribution in [2.75, 3.05) is 13.6 Å². The first-order valence-corrected chi connectivity index (χ1v) is 4.27. The summed E-state index contributed by atoms with van der Waals surface area (Å²) in [5.41, 5.74) is 5.68. The molecule has 0 radical (unpaired) electrons. The Bertz CT molecular complexity index is 266. The van der Waals surface area contributed by atoms with Crippen molar-refractivity contribution < 1.29 is 4.42 Å². The van der Waals surface area contributed by atoms with Crippen molar-refractivity contribution in [2.45, 2.75) is 13.5 Å². The molecule has 13 heavy (non-hydrogen) atoms. The van der Waals surface area contributed by atoms with Crippen LogP contribution in [-0.2, 0) is 6.54 Å². The number of furan rings is 1. The lowest BCUT2D eigenvalue weighted by molar-refractivity contribution is 0.372. The normalized spacial score (nSPS) is 11.7. The monoisotopic (exact) mass is 181 g/mol. The summed E-state index contributed by atoms with van der Waals surface area (Å²) in [5, 5.41) is 0. The third kappa shape index (κ3) is 2.50. The number of aliphatic imine (C=N–C) groups is 1. The molecule has 0 fully saturated rings. The standard InChI is InChI=1S/C9H15N3O/c1-3-12(9(10)11-2)7-8-5-4-6-13-8/h4-6H,3,7H2,1-2H3,(H2,10,11). The molecule has 0 aromatic carbocycles. The topological polar surface area (TPSA) is 54.8 Å². The number of nitrogens with two attached hydrogens (primary N) is 1. The molecular weight excluding hydrogens is 166 g/mol. The summed E-state index contributed by atoms with van der Waals surface area (Å²) < 4.78 is 5.21. The molecule has 2 N–H and O–H groups in total. The zero-order valence-electron chi connectivity index (χ0n) is 8.03. The van der Waals surface area contributed by atoms with Gasteiger partial charge < -0.3 is 15.1 Å². The second-order valence-electron chi connectivity index (χ2n) is 2.68. The average Bonchev–Trinajstić information content (AvgIpc) is 2.65. The molecule has 1 aromatic rings. The maximum Gasteiger partial charge on any atom is 0.191 e. The van der Waals surface area contributed by atoms with E-state index in [4.69, 9.17) is 10.2 Å². The molecular formula is C9H15N3O. The number of guanidine groups is 1. The maximum absolute atomic E-state index is 5.68. The fourth-order valence-corrected chi connectivity index (χ4v) is 1.09. The minimum absolute atomic E-state index is 0.541. The Labute approximate surface area is 78.0 Å². The number of hydrogen-bond donors (Lipinski definition) is 1. The van der Waals surface area contributed by atoms with Crippen molar-refractivity contribution in [1.82, 2.24) is 4.90 Å². The summed E-state index contributed by atoms with van der Waals surface area (Å²) in [6, 6.07) is 3.79. The molecule has 0 aliphatic heterocycles. The Kier molecular flexibility index (Phi) is 3.37. The fraction of sp³-hybridized carbons (Fsp3) is 0.444. The first-order chi connectivity index (χ1) is 6.27. The lowest BCUT2D eigenvalue weighted by Gasteiger charge is -2.19. The molecule has 0 aliphatic rings. The van der Waals surface area contributed by atoms with Crippen LogP contribution in [0.25, 0.3) is 0 Å². The third-order valence-electron chi connectivity index (χ3n) is 1.86. The molecule has 1 heterocycles. The van der Waals surface area contributed by atoms with Crippen molar-refractivity contribution in [2.24, 2.45) is 10.7 Å². The van der Waals surface area contributed by atoms with E-state index in [0.717, 1.165) is 12.3 Å². The second-order valence-corrected chi connectivity index (χ2v) is 2.68. The van der Waals surface area contributed by atoms with Crippen LogP contribution in [0.1, 0.15) is 12.7 Å². The molecule has 0 unspecified atom stereocenters. The van der Waals surface area contributed by atoms with E-state index in [0.29, 0.717) is 12.5 Å². The van der Waals surface area contributed by atoms with Crippen molar-refractivity contribution in [3.8, 4) is 0 Å². The van der Waals surface area contributed by atoms with Gasteiger partial charge in [0.1, 0.15) is 5.76 Å². The van der Waals surface area contributed by atoms with Gasteiger partial charge in [0, 0.05) is 13.6 Å². The number of nitrogens with zero attached hydrogens (tertiary/aromatic N) is 2.